The molecule has 1 atom stereocenters. The Hall–Kier alpha value is -2.69. The van der Waals surface area contributed by atoms with E-state index < -0.39 is 0 Å². The number of aromatic nitrogens is 2. The summed E-state index contributed by atoms with van der Waals surface area (Å²) in [5, 5.41) is 11.0. The highest BCUT2D eigenvalue weighted by atomic mass is 16.2. The van der Waals surface area contributed by atoms with E-state index in [0.717, 1.165) is 23.4 Å². The van der Waals surface area contributed by atoms with Gasteiger partial charge < -0.3 is 10.2 Å². The zero-order chi connectivity index (χ0) is 15.4. The van der Waals surface area contributed by atoms with E-state index in [2.05, 4.69) is 21.6 Å². The van der Waals surface area contributed by atoms with Gasteiger partial charge in [-0.2, -0.15) is 10.2 Å². The minimum absolute atomic E-state index is 0.0227. The molecule has 0 radical (unpaired) electrons. The van der Waals surface area contributed by atoms with Gasteiger partial charge in [-0.05, 0) is 43.2 Å². The van der Waals surface area contributed by atoms with Crippen LogP contribution in [-0.2, 0) is 0 Å². The first-order valence-corrected chi connectivity index (χ1v) is 7.35. The summed E-state index contributed by atoms with van der Waals surface area (Å²) in [6.45, 7) is 2.68. The van der Waals surface area contributed by atoms with Crippen LogP contribution in [0.2, 0.25) is 0 Å². The molecule has 2 aromatic rings. The number of carbonyl (C=O) groups is 1. The molecule has 3 rings (SSSR count). The molecule has 112 valence electrons. The second kappa shape index (κ2) is 6.39. The lowest BCUT2D eigenvalue weighted by Gasteiger charge is -2.32. The lowest BCUT2D eigenvalue weighted by Crippen LogP contribution is -2.43. The Kier molecular flexibility index (Phi) is 4.14. The molecule has 22 heavy (non-hydrogen) atoms. The summed E-state index contributed by atoms with van der Waals surface area (Å²) in [4.78, 5) is 14.2. The molecule has 0 unspecified atom stereocenters. The normalized spacial score (nSPS) is 17.8. The molecule has 2 heterocycles. The highest BCUT2D eigenvalue weighted by Gasteiger charge is 2.24. The van der Waals surface area contributed by atoms with Gasteiger partial charge in [0.05, 0.1) is 5.69 Å². The third-order valence-corrected chi connectivity index (χ3v) is 3.74. The second-order valence-electron chi connectivity index (χ2n) is 5.28. The van der Waals surface area contributed by atoms with Crippen LogP contribution in [0, 0.1) is 0 Å². The van der Waals surface area contributed by atoms with Gasteiger partial charge in [0.1, 0.15) is 0 Å². The maximum absolute atomic E-state index is 12.4. The smallest absolute Gasteiger partial charge is 0.318 e. The molecule has 1 aromatic carbocycles. The van der Waals surface area contributed by atoms with Crippen molar-refractivity contribution in [3.8, 4) is 0 Å². The Balaban J connectivity index is 1.70. The number of rotatable bonds is 2. The number of hydrogen-bond donors (Lipinski definition) is 1. The third-order valence-electron chi connectivity index (χ3n) is 3.74. The maximum atomic E-state index is 12.4. The van der Waals surface area contributed by atoms with Crippen molar-refractivity contribution in [3.63, 3.8) is 0 Å². The number of anilines is 1. The first-order valence-electron chi connectivity index (χ1n) is 7.35. The fourth-order valence-corrected chi connectivity index (χ4v) is 2.60. The molecule has 0 aliphatic carbocycles. The summed E-state index contributed by atoms with van der Waals surface area (Å²) in [6, 6.07) is 13.3. The van der Waals surface area contributed by atoms with Crippen LogP contribution in [-0.4, -0.2) is 33.7 Å². The number of hydrogen-bond acceptors (Lipinski definition) is 3. The van der Waals surface area contributed by atoms with Crippen molar-refractivity contribution in [2.75, 3.05) is 11.9 Å². The average molecular weight is 294 g/mol. The summed E-state index contributed by atoms with van der Waals surface area (Å²) in [6.07, 6.45) is 4.53. The van der Waals surface area contributed by atoms with E-state index in [0.29, 0.717) is 6.54 Å². The lowest BCUT2D eigenvalue weighted by atomic mass is 10.0. The molecule has 0 bridgehead atoms. The Labute approximate surface area is 129 Å². The fraction of sp³-hybridized carbons (Fsp3) is 0.235. The van der Waals surface area contributed by atoms with Crippen molar-refractivity contribution in [1.29, 1.82) is 0 Å². The Bertz CT molecular complexity index is 670. The summed E-state index contributed by atoms with van der Waals surface area (Å²) < 4.78 is 0. The summed E-state index contributed by atoms with van der Waals surface area (Å²) in [7, 11) is 0. The number of urea groups is 1. The van der Waals surface area contributed by atoms with Crippen LogP contribution in [0.3, 0.4) is 0 Å². The average Bonchev–Trinajstić information content (AvgIpc) is 2.56. The van der Waals surface area contributed by atoms with E-state index >= 15 is 0 Å². The van der Waals surface area contributed by atoms with Crippen molar-refractivity contribution in [1.82, 2.24) is 15.1 Å². The number of nitrogens with zero attached hydrogens (tertiary/aromatic N) is 3. The first kappa shape index (κ1) is 14.3. The number of carbonyl (C=O) groups excluding carboxylic acids is 1. The van der Waals surface area contributed by atoms with Crippen molar-refractivity contribution < 1.29 is 4.79 Å². The summed E-state index contributed by atoms with van der Waals surface area (Å²) >= 11 is 0. The molecule has 1 N–H and O–H groups in total. The van der Waals surface area contributed by atoms with E-state index in [4.69, 9.17) is 0 Å². The van der Waals surface area contributed by atoms with Crippen LogP contribution in [0.25, 0.3) is 5.57 Å². The van der Waals surface area contributed by atoms with E-state index in [1.807, 2.05) is 54.3 Å². The fourth-order valence-electron chi connectivity index (χ4n) is 2.60. The van der Waals surface area contributed by atoms with Gasteiger partial charge >= 0.3 is 6.03 Å². The largest absolute Gasteiger partial charge is 0.322 e. The van der Waals surface area contributed by atoms with Crippen LogP contribution in [0.15, 0.2) is 54.7 Å². The molecule has 1 aromatic heterocycles. The van der Waals surface area contributed by atoms with Crippen LogP contribution in [0.1, 0.15) is 19.0 Å². The zero-order valence-electron chi connectivity index (χ0n) is 12.4. The number of amides is 2. The molecule has 0 fully saturated rings. The number of para-hydroxylation sites is 1. The quantitative estimate of drug-likeness (QED) is 0.925. The van der Waals surface area contributed by atoms with Gasteiger partial charge in [-0.25, -0.2) is 4.79 Å². The molecule has 0 saturated carbocycles. The van der Waals surface area contributed by atoms with E-state index in [1.165, 1.54) is 0 Å². The predicted octanol–water partition coefficient (Wildman–Crippen LogP) is 3.19. The third kappa shape index (κ3) is 3.14. The van der Waals surface area contributed by atoms with Crippen molar-refractivity contribution in [3.05, 3.63) is 60.4 Å². The topological polar surface area (TPSA) is 58.1 Å². The summed E-state index contributed by atoms with van der Waals surface area (Å²) in [5.41, 5.74) is 2.84. The van der Waals surface area contributed by atoms with Crippen LogP contribution in [0.4, 0.5) is 10.5 Å². The monoisotopic (exact) mass is 294 g/mol. The summed E-state index contributed by atoms with van der Waals surface area (Å²) in [5.74, 6) is 0. The number of benzene rings is 1. The Morgan fingerprint density at radius 1 is 1.23 bits per heavy atom. The molecule has 5 heteroatoms. The van der Waals surface area contributed by atoms with Gasteiger partial charge in [0.15, 0.2) is 0 Å². The second-order valence-corrected chi connectivity index (χ2v) is 5.28. The van der Waals surface area contributed by atoms with Crippen LogP contribution in [0.5, 0.6) is 0 Å². The number of nitrogens with one attached hydrogen (secondary N) is 1. The molecule has 2 amide bonds. The van der Waals surface area contributed by atoms with E-state index in [1.54, 1.807) is 6.20 Å². The SMILES string of the molecule is C[C@@H]1C=C(c2cccnn2)CCN1C(=O)Nc1ccccc1. The van der Waals surface area contributed by atoms with Gasteiger partial charge in [0, 0.05) is 24.5 Å². The van der Waals surface area contributed by atoms with E-state index in [9.17, 15) is 4.79 Å². The minimum Gasteiger partial charge on any atom is -0.318 e. The van der Waals surface area contributed by atoms with Crippen LogP contribution < -0.4 is 5.32 Å². The molecular weight excluding hydrogens is 276 g/mol. The standard InChI is InChI=1S/C17H18N4O/c1-13-12-14(16-8-5-10-18-20-16)9-11-21(13)17(22)19-15-6-3-2-4-7-15/h2-8,10,12-13H,9,11H2,1H3,(H,19,22)/t13-/m1/s1. The zero-order valence-corrected chi connectivity index (χ0v) is 12.4. The van der Waals surface area contributed by atoms with Crippen LogP contribution >= 0.6 is 0 Å². The van der Waals surface area contributed by atoms with Crippen molar-refractivity contribution in [2.24, 2.45) is 0 Å². The van der Waals surface area contributed by atoms with Gasteiger partial charge in [-0.3, -0.25) is 0 Å². The van der Waals surface area contributed by atoms with Gasteiger partial charge in [-0.15, -0.1) is 0 Å². The highest BCUT2D eigenvalue weighted by molar-refractivity contribution is 5.90. The van der Waals surface area contributed by atoms with Crippen molar-refractivity contribution in [2.45, 2.75) is 19.4 Å². The van der Waals surface area contributed by atoms with Gasteiger partial charge in [-0.1, -0.05) is 24.3 Å². The molecule has 1 aliphatic heterocycles. The Morgan fingerprint density at radius 2 is 2.05 bits per heavy atom. The molecule has 1 aliphatic rings. The highest BCUT2D eigenvalue weighted by Crippen LogP contribution is 2.24. The molecule has 0 spiro atoms. The molecular formula is C17H18N4O. The van der Waals surface area contributed by atoms with Gasteiger partial charge in [0.2, 0.25) is 0 Å². The minimum atomic E-state index is -0.0758. The predicted molar refractivity (Wildman–Crippen MR) is 86.3 cm³/mol. The first-order chi connectivity index (χ1) is 10.7. The molecule has 5 nitrogen and oxygen atoms in total. The lowest BCUT2D eigenvalue weighted by molar-refractivity contribution is 0.202. The molecule has 0 saturated heterocycles. The van der Waals surface area contributed by atoms with Gasteiger partial charge in [0.25, 0.3) is 0 Å². The maximum Gasteiger partial charge on any atom is 0.322 e. The van der Waals surface area contributed by atoms with Crippen molar-refractivity contribution >= 4 is 17.3 Å². The Morgan fingerprint density at radius 3 is 2.73 bits per heavy atom. The van der Waals surface area contributed by atoms with E-state index in [-0.39, 0.29) is 12.1 Å².